The number of hydrogen-bond donors (Lipinski definition) is 2. The molecule has 2 N–H and O–H groups in total. The van der Waals surface area contributed by atoms with Crippen molar-refractivity contribution in [3.05, 3.63) is 83.4 Å². The molecule has 38 heavy (non-hydrogen) atoms. The van der Waals surface area contributed by atoms with Crippen LogP contribution in [0, 0.1) is 5.92 Å². The van der Waals surface area contributed by atoms with Crippen molar-refractivity contribution in [3.63, 3.8) is 0 Å². The molecule has 0 radical (unpaired) electrons. The molecule has 2 heterocycles. The number of benzene rings is 3. The second kappa shape index (κ2) is 9.92. The average Bonchev–Trinajstić information content (AvgIpc) is 2.91. The monoisotopic (exact) mass is 526 g/mol. The molecule has 3 atom stereocenters. The normalized spacial score (nSPS) is 20.9. The molecule has 2 aliphatic rings. The van der Waals surface area contributed by atoms with Crippen LogP contribution in [0.4, 0.5) is 13.2 Å². The zero-order chi connectivity index (χ0) is 27.0. The second-order valence-electron chi connectivity index (χ2n) is 9.18. The fraction of sp³-hybridized carbons (Fsp3) is 0.286. The van der Waals surface area contributed by atoms with Crippen molar-refractivity contribution in [1.29, 1.82) is 0 Å². The fourth-order valence-electron chi connectivity index (χ4n) is 5.04. The summed E-state index contributed by atoms with van der Waals surface area (Å²) < 4.78 is 58.2. The van der Waals surface area contributed by atoms with E-state index in [4.69, 9.17) is 14.2 Å². The van der Waals surface area contributed by atoms with Crippen molar-refractivity contribution in [1.82, 2.24) is 10.6 Å². The van der Waals surface area contributed by atoms with Gasteiger partial charge in [-0.25, -0.2) is 0 Å². The van der Waals surface area contributed by atoms with Crippen LogP contribution in [0.3, 0.4) is 0 Å². The quantitative estimate of drug-likeness (QED) is 0.464. The summed E-state index contributed by atoms with van der Waals surface area (Å²) in [5.41, 5.74) is 1.62. The van der Waals surface area contributed by atoms with E-state index >= 15 is 0 Å². The highest BCUT2D eigenvalue weighted by Crippen LogP contribution is 2.46. The van der Waals surface area contributed by atoms with Crippen LogP contribution in [0.15, 0.2) is 66.7 Å². The third-order valence-electron chi connectivity index (χ3n) is 6.97. The van der Waals surface area contributed by atoms with Crippen LogP contribution in [0.5, 0.6) is 23.0 Å². The maximum Gasteiger partial charge on any atom is 0.409 e. The number of piperidine rings is 1. The Balaban J connectivity index is 1.47. The van der Waals surface area contributed by atoms with Crippen LogP contribution in [0.2, 0.25) is 0 Å². The van der Waals surface area contributed by atoms with Gasteiger partial charge in [0.1, 0.15) is 35.0 Å². The van der Waals surface area contributed by atoms with Gasteiger partial charge >= 0.3 is 6.18 Å². The van der Waals surface area contributed by atoms with Crippen LogP contribution in [0.25, 0.3) is 0 Å². The SMILES string of the molecule is COc1ccc2c(c1)Oc1cc(OC)ccc1C2NC(=O)C1CC(c2ccccc2)C(C(F)(F)F)NC1=O. The first kappa shape index (κ1) is 25.4. The van der Waals surface area contributed by atoms with Gasteiger partial charge in [0.2, 0.25) is 11.8 Å². The molecule has 0 saturated carbocycles. The molecule has 3 unspecified atom stereocenters. The topological polar surface area (TPSA) is 85.9 Å². The molecule has 1 fully saturated rings. The van der Waals surface area contributed by atoms with Gasteiger partial charge in [0.15, 0.2) is 0 Å². The Bertz CT molecular complexity index is 1310. The number of ether oxygens (including phenoxy) is 3. The molecule has 5 rings (SSSR count). The molecule has 3 aromatic carbocycles. The van der Waals surface area contributed by atoms with E-state index in [1.54, 1.807) is 66.7 Å². The first-order chi connectivity index (χ1) is 18.2. The van der Waals surface area contributed by atoms with E-state index < -0.39 is 41.9 Å². The summed E-state index contributed by atoms with van der Waals surface area (Å²) in [5, 5.41) is 4.95. The minimum atomic E-state index is -4.67. The highest BCUT2D eigenvalue weighted by Gasteiger charge is 2.52. The van der Waals surface area contributed by atoms with Crippen molar-refractivity contribution in [2.75, 3.05) is 14.2 Å². The van der Waals surface area contributed by atoms with Crippen molar-refractivity contribution in [3.8, 4) is 23.0 Å². The van der Waals surface area contributed by atoms with E-state index in [1.165, 1.54) is 14.2 Å². The Labute approximate surface area is 216 Å². The van der Waals surface area contributed by atoms with Gasteiger partial charge in [-0.15, -0.1) is 0 Å². The number of nitrogens with one attached hydrogen (secondary N) is 2. The summed E-state index contributed by atoms with van der Waals surface area (Å²) >= 11 is 0. The molecular weight excluding hydrogens is 501 g/mol. The maximum absolute atomic E-state index is 13.9. The standard InChI is InChI=1S/C28H25F3N2O5/c1-36-16-8-10-18-22(12-16)38-23-13-17(37-2)9-11-19(23)24(18)32-26(34)21-14-20(15-6-4-3-5-7-15)25(28(29,30)31)33-27(21)35/h3-13,20-21,24-25H,14H2,1-2H3,(H,32,34)(H,33,35). The number of carbonyl (C=O) groups is 2. The molecule has 7 nitrogen and oxygen atoms in total. The number of fused-ring (bicyclic) bond motifs is 2. The molecule has 0 aliphatic carbocycles. The minimum Gasteiger partial charge on any atom is -0.497 e. The molecular formula is C28H25F3N2O5. The number of hydrogen-bond acceptors (Lipinski definition) is 5. The Morgan fingerprint density at radius 1 is 0.947 bits per heavy atom. The van der Waals surface area contributed by atoms with Gasteiger partial charge in [0, 0.05) is 29.2 Å². The number of alkyl halides is 3. The van der Waals surface area contributed by atoms with E-state index in [0.717, 1.165) is 0 Å². The van der Waals surface area contributed by atoms with Gasteiger partial charge in [-0.3, -0.25) is 9.59 Å². The first-order valence-electron chi connectivity index (χ1n) is 12.0. The highest BCUT2D eigenvalue weighted by molar-refractivity contribution is 6.01. The Kier molecular flexibility index (Phi) is 6.64. The molecule has 1 saturated heterocycles. The third-order valence-corrected chi connectivity index (χ3v) is 6.97. The Hall–Kier alpha value is -4.21. The Morgan fingerprint density at radius 3 is 2.05 bits per heavy atom. The van der Waals surface area contributed by atoms with E-state index in [-0.39, 0.29) is 6.42 Å². The summed E-state index contributed by atoms with van der Waals surface area (Å²) in [6.45, 7) is 0. The van der Waals surface area contributed by atoms with Crippen LogP contribution < -0.4 is 24.8 Å². The zero-order valence-electron chi connectivity index (χ0n) is 20.5. The molecule has 198 valence electrons. The lowest BCUT2D eigenvalue weighted by atomic mass is 9.78. The van der Waals surface area contributed by atoms with Gasteiger partial charge in [-0.05, 0) is 36.2 Å². The predicted molar refractivity (Wildman–Crippen MR) is 131 cm³/mol. The number of methoxy groups -OCH3 is 2. The van der Waals surface area contributed by atoms with Crippen LogP contribution in [-0.2, 0) is 9.59 Å². The summed E-state index contributed by atoms with van der Waals surface area (Å²) in [5.74, 6) is -2.15. The molecule has 10 heteroatoms. The van der Waals surface area contributed by atoms with Gasteiger partial charge < -0.3 is 24.8 Å². The molecule has 2 aliphatic heterocycles. The van der Waals surface area contributed by atoms with Crippen LogP contribution >= 0.6 is 0 Å². The number of rotatable bonds is 5. The maximum atomic E-state index is 13.9. The van der Waals surface area contributed by atoms with E-state index in [1.807, 2.05) is 0 Å². The summed E-state index contributed by atoms with van der Waals surface area (Å²) in [6.07, 6.45) is -4.96. The predicted octanol–water partition coefficient (Wildman–Crippen LogP) is 4.87. The third kappa shape index (κ3) is 4.73. The smallest absolute Gasteiger partial charge is 0.409 e. The minimum absolute atomic E-state index is 0.292. The first-order valence-corrected chi connectivity index (χ1v) is 12.0. The highest BCUT2D eigenvalue weighted by atomic mass is 19.4. The van der Waals surface area contributed by atoms with Gasteiger partial charge in [0.05, 0.1) is 20.3 Å². The van der Waals surface area contributed by atoms with Gasteiger partial charge in [-0.2, -0.15) is 13.2 Å². The summed E-state index contributed by atoms with van der Waals surface area (Å²) in [7, 11) is 3.03. The van der Waals surface area contributed by atoms with Crippen LogP contribution in [0.1, 0.15) is 35.1 Å². The molecule has 2 amide bonds. The zero-order valence-corrected chi connectivity index (χ0v) is 20.5. The van der Waals surface area contributed by atoms with E-state index in [2.05, 4.69) is 10.6 Å². The lowest BCUT2D eigenvalue weighted by Crippen LogP contribution is -2.58. The molecule has 0 spiro atoms. The fourth-order valence-corrected chi connectivity index (χ4v) is 5.04. The lowest BCUT2D eigenvalue weighted by molar-refractivity contribution is -0.175. The average molecular weight is 527 g/mol. The molecule has 0 bridgehead atoms. The lowest BCUT2D eigenvalue weighted by Gasteiger charge is -2.38. The number of halogens is 3. The van der Waals surface area contributed by atoms with Crippen molar-refractivity contribution in [2.45, 2.75) is 30.6 Å². The van der Waals surface area contributed by atoms with Crippen LogP contribution in [-0.4, -0.2) is 38.3 Å². The van der Waals surface area contributed by atoms with Crippen molar-refractivity contribution in [2.24, 2.45) is 5.92 Å². The van der Waals surface area contributed by atoms with E-state index in [0.29, 0.717) is 39.7 Å². The summed E-state index contributed by atoms with van der Waals surface area (Å²) in [6, 6.07) is 15.5. The second-order valence-corrected chi connectivity index (χ2v) is 9.18. The van der Waals surface area contributed by atoms with E-state index in [9.17, 15) is 22.8 Å². The van der Waals surface area contributed by atoms with Gasteiger partial charge in [0.25, 0.3) is 0 Å². The summed E-state index contributed by atoms with van der Waals surface area (Å²) in [4.78, 5) is 26.4. The van der Waals surface area contributed by atoms with Crippen molar-refractivity contribution >= 4 is 11.8 Å². The molecule has 3 aromatic rings. The Morgan fingerprint density at radius 2 is 1.53 bits per heavy atom. The largest absolute Gasteiger partial charge is 0.497 e. The number of carbonyl (C=O) groups excluding carboxylic acids is 2. The van der Waals surface area contributed by atoms with Crippen molar-refractivity contribution < 1.29 is 37.0 Å². The number of amides is 2. The van der Waals surface area contributed by atoms with Gasteiger partial charge in [-0.1, -0.05) is 30.3 Å². The molecule has 0 aromatic heterocycles.